The molecule has 0 bridgehead atoms. The predicted molar refractivity (Wildman–Crippen MR) is 79.5 cm³/mol. The Balaban J connectivity index is 1.87. The van der Waals surface area contributed by atoms with Crippen molar-refractivity contribution in [3.8, 4) is 0 Å². The van der Waals surface area contributed by atoms with Gasteiger partial charge in [0.15, 0.2) is 0 Å². The van der Waals surface area contributed by atoms with E-state index in [4.69, 9.17) is 11.6 Å². The predicted octanol–water partition coefficient (Wildman–Crippen LogP) is 3.98. The molecule has 1 fully saturated rings. The lowest BCUT2D eigenvalue weighted by molar-refractivity contribution is 0.371. The normalized spacial score (nSPS) is 21.6. The van der Waals surface area contributed by atoms with Gasteiger partial charge in [-0.25, -0.2) is 0 Å². The zero-order valence-electron chi connectivity index (χ0n) is 11.3. The summed E-state index contributed by atoms with van der Waals surface area (Å²) in [6.45, 7) is 5.53. The van der Waals surface area contributed by atoms with E-state index in [9.17, 15) is 0 Å². The van der Waals surface area contributed by atoms with E-state index in [1.54, 1.807) is 0 Å². The number of piperidine rings is 1. The Morgan fingerprint density at radius 3 is 2.94 bits per heavy atom. The van der Waals surface area contributed by atoms with Gasteiger partial charge in [-0.2, -0.15) is 0 Å². The monoisotopic (exact) mass is 266 g/mol. The summed E-state index contributed by atoms with van der Waals surface area (Å²) in [5, 5.41) is 7.99. The molecule has 1 aliphatic rings. The lowest BCUT2D eigenvalue weighted by Crippen LogP contribution is -2.37. The summed E-state index contributed by atoms with van der Waals surface area (Å²) in [4.78, 5) is 0. The van der Waals surface area contributed by atoms with Crippen molar-refractivity contribution in [3.05, 3.63) is 28.8 Å². The SMILES string of the molecule is Cc1cc(Cl)ccc1NC(C)CC1CCCCN1. The summed E-state index contributed by atoms with van der Waals surface area (Å²) in [6, 6.07) is 7.19. The summed E-state index contributed by atoms with van der Waals surface area (Å²) in [5.41, 5.74) is 2.41. The average molecular weight is 267 g/mol. The fraction of sp³-hybridized carbons (Fsp3) is 0.600. The Kier molecular flexibility index (Phi) is 4.90. The lowest BCUT2D eigenvalue weighted by Gasteiger charge is -2.27. The van der Waals surface area contributed by atoms with E-state index in [0.29, 0.717) is 12.1 Å². The maximum absolute atomic E-state index is 5.97. The highest BCUT2D eigenvalue weighted by Crippen LogP contribution is 2.21. The molecule has 3 heteroatoms. The van der Waals surface area contributed by atoms with Crippen LogP contribution in [0.25, 0.3) is 0 Å². The molecule has 0 aromatic heterocycles. The summed E-state index contributed by atoms with van der Waals surface area (Å²) >= 11 is 5.97. The van der Waals surface area contributed by atoms with Crippen molar-refractivity contribution in [1.82, 2.24) is 5.32 Å². The van der Waals surface area contributed by atoms with E-state index in [1.165, 1.54) is 43.5 Å². The number of benzene rings is 1. The second-order valence-corrected chi connectivity index (χ2v) is 5.82. The largest absolute Gasteiger partial charge is 0.382 e. The van der Waals surface area contributed by atoms with E-state index in [1.807, 2.05) is 12.1 Å². The van der Waals surface area contributed by atoms with E-state index in [-0.39, 0.29) is 0 Å². The van der Waals surface area contributed by atoms with Crippen LogP contribution in [0.3, 0.4) is 0 Å². The van der Waals surface area contributed by atoms with Gasteiger partial charge in [0.05, 0.1) is 0 Å². The van der Waals surface area contributed by atoms with E-state index < -0.39 is 0 Å². The smallest absolute Gasteiger partial charge is 0.0410 e. The van der Waals surface area contributed by atoms with Gasteiger partial charge in [0, 0.05) is 22.8 Å². The maximum Gasteiger partial charge on any atom is 0.0410 e. The van der Waals surface area contributed by atoms with Crippen LogP contribution in [0.2, 0.25) is 5.02 Å². The molecule has 1 aromatic carbocycles. The third-order valence-electron chi connectivity index (χ3n) is 3.64. The first-order valence-corrected chi connectivity index (χ1v) is 7.29. The molecular weight excluding hydrogens is 244 g/mol. The molecule has 1 aromatic rings. The molecule has 2 unspecified atom stereocenters. The number of hydrogen-bond donors (Lipinski definition) is 2. The minimum absolute atomic E-state index is 0.487. The fourth-order valence-electron chi connectivity index (χ4n) is 2.67. The van der Waals surface area contributed by atoms with Gasteiger partial charge in [0.1, 0.15) is 0 Å². The standard InChI is InChI=1S/C15H23ClN2/c1-11-9-13(16)6-7-15(11)18-12(2)10-14-5-3-4-8-17-14/h6-7,9,12,14,17-18H,3-5,8,10H2,1-2H3. The topological polar surface area (TPSA) is 24.1 Å². The molecule has 2 atom stereocenters. The molecule has 1 saturated heterocycles. The van der Waals surface area contributed by atoms with Gasteiger partial charge >= 0.3 is 0 Å². The molecule has 0 aliphatic carbocycles. The van der Waals surface area contributed by atoms with Crippen LogP contribution < -0.4 is 10.6 Å². The molecule has 1 heterocycles. The highest BCUT2D eigenvalue weighted by Gasteiger charge is 2.15. The Bertz CT molecular complexity index is 386. The number of hydrogen-bond acceptors (Lipinski definition) is 2. The highest BCUT2D eigenvalue weighted by molar-refractivity contribution is 6.30. The lowest BCUT2D eigenvalue weighted by atomic mass is 9.98. The van der Waals surface area contributed by atoms with Crippen LogP contribution in [0.5, 0.6) is 0 Å². The number of nitrogens with one attached hydrogen (secondary N) is 2. The number of rotatable bonds is 4. The molecule has 0 saturated carbocycles. The minimum atomic E-state index is 0.487. The van der Waals surface area contributed by atoms with Crippen LogP contribution in [0.1, 0.15) is 38.2 Å². The Hall–Kier alpha value is -0.730. The molecule has 2 nitrogen and oxygen atoms in total. The van der Waals surface area contributed by atoms with Crippen LogP contribution in [0.15, 0.2) is 18.2 Å². The Morgan fingerprint density at radius 1 is 1.44 bits per heavy atom. The van der Waals surface area contributed by atoms with Gasteiger partial charge in [0.2, 0.25) is 0 Å². The van der Waals surface area contributed by atoms with E-state index in [2.05, 4.69) is 30.5 Å². The third kappa shape index (κ3) is 3.89. The van der Waals surface area contributed by atoms with Crippen molar-refractivity contribution in [2.75, 3.05) is 11.9 Å². The third-order valence-corrected chi connectivity index (χ3v) is 3.88. The second kappa shape index (κ2) is 6.44. The minimum Gasteiger partial charge on any atom is -0.382 e. The number of halogens is 1. The van der Waals surface area contributed by atoms with Crippen LogP contribution >= 0.6 is 11.6 Å². The van der Waals surface area contributed by atoms with E-state index in [0.717, 1.165) is 5.02 Å². The zero-order chi connectivity index (χ0) is 13.0. The summed E-state index contributed by atoms with van der Waals surface area (Å²) in [5.74, 6) is 0. The Labute approximate surface area is 115 Å². The first-order valence-electron chi connectivity index (χ1n) is 6.91. The molecule has 0 amide bonds. The van der Waals surface area contributed by atoms with Crippen molar-refractivity contribution < 1.29 is 0 Å². The van der Waals surface area contributed by atoms with Crippen LogP contribution in [0, 0.1) is 6.92 Å². The molecular formula is C15H23ClN2. The van der Waals surface area contributed by atoms with Crippen LogP contribution in [-0.4, -0.2) is 18.6 Å². The summed E-state index contributed by atoms with van der Waals surface area (Å²) in [7, 11) is 0. The molecule has 1 aliphatic heterocycles. The zero-order valence-corrected chi connectivity index (χ0v) is 12.1. The summed E-state index contributed by atoms with van der Waals surface area (Å²) < 4.78 is 0. The second-order valence-electron chi connectivity index (χ2n) is 5.39. The van der Waals surface area contributed by atoms with Crippen LogP contribution in [0.4, 0.5) is 5.69 Å². The first kappa shape index (κ1) is 13.7. The molecule has 18 heavy (non-hydrogen) atoms. The van der Waals surface area contributed by atoms with Crippen molar-refractivity contribution in [2.45, 2.75) is 51.6 Å². The van der Waals surface area contributed by atoms with Crippen molar-refractivity contribution in [2.24, 2.45) is 0 Å². The quantitative estimate of drug-likeness (QED) is 0.861. The van der Waals surface area contributed by atoms with Crippen LogP contribution in [-0.2, 0) is 0 Å². The van der Waals surface area contributed by atoms with Gasteiger partial charge in [-0.05, 0) is 63.4 Å². The van der Waals surface area contributed by atoms with Gasteiger partial charge in [-0.3, -0.25) is 0 Å². The molecule has 0 spiro atoms. The van der Waals surface area contributed by atoms with Crippen molar-refractivity contribution in [1.29, 1.82) is 0 Å². The fourth-order valence-corrected chi connectivity index (χ4v) is 2.89. The highest BCUT2D eigenvalue weighted by atomic mass is 35.5. The maximum atomic E-state index is 5.97. The first-order chi connectivity index (χ1) is 8.65. The van der Waals surface area contributed by atoms with Gasteiger partial charge < -0.3 is 10.6 Å². The number of anilines is 1. The van der Waals surface area contributed by atoms with Gasteiger partial charge in [-0.15, -0.1) is 0 Å². The molecule has 0 radical (unpaired) electrons. The van der Waals surface area contributed by atoms with Crippen molar-refractivity contribution >= 4 is 17.3 Å². The van der Waals surface area contributed by atoms with Gasteiger partial charge in [-0.1, -0.05) is 18.0 Å². The number of aryl methyl sites for hydroxylation is 1. The van der Waals surface area contributed by atoms with E-state index >= 15 is 0 Å². The van der Waals surface area contributed by atoms with Crippen molar-refractivity contribution in [3.63, 3.8) is 0 Å². The summed E-state index contributed by atoms with van der Waals surface area (Å²) in [6.07, 6.45) is 5.19. The molecule has 2 N–H and O–H groups in total. The van der Waals surface area contributed by atoms with Gasteiger partial charge in [0.25, 0.3) is 0 Å². The Morgan fingerprint density at radius 2 is 2.28 bits per heavy atom. The average Bonchev–Trinajstić information content (AvgIpc) is 2.34. The molecule has 100 valence electrons. The molecule has 2 rings (SSSR count).